The Morgan fingerprint density at radius 1 is 1.40 bits per heavy atom. The molecule has 1 aromatic rings. The van der Waals surface area contributed by atoms with Gasteiger partial charge in [0.1, 0.15) is 0 Å². The van der Waals surface area contributed by atoms with Crippen molar-refractivity contribution in [3.8, 4) is 0 Å². The summed E-state index contributed by atoms with van der Waals surface area (Å²) in [5, 5.41) is 3.62. The number of benzene rings is 1. The van der Waals surface area contributed by atoms with Crippen molar-refractivity contribution >= 4 is 11.8 Å². The van der Waals surface area contributed by atoms with Gasteiger partial charge in [-0.1, -0.05) is 30.7 Å². The Kier molecular flexibility index (Phi) is 6.40. The van der Waals surface area contributed by atoms with Gasteiger partial charge in [0.05, 0.1) is 6.10 Å². The van der Waals surface area contributed by atoms with E-state index in [1.165, 1.54) is 29.5 Å². The molecular formula is C17H27NOS. The number of hydrogen-bond donors (Lipinski definition) is 1. The molecule has 0 amide bonds. The van der Waals surface area contributed by atoms with Crippen LogP contribution in [0.5, 0.6) is 0 Å². The third kappa shape index (κ3) is 4.51. The predicted octanol–water partition coefficient (Wildman–Crippen LogP) is 3.87. The van der Waals surface area contributed by atoms with Gasteiger partial charge in [-0.15, -0.1) is 0 Å². The molecule has 1 aromatic carbocycles. The Balaban J connectivity index is 1.91. The van der Waals surface area contributed by atoms with Crippen molar-refractivity contribution in [1.29, 1.82) is 0 Å². The molecule has 3 heteroatoms. The minimum Gasteiger partial charge on any atom is -0.377 e. The van der Waals surface area contributed by atoms with Gasteiger partial charge in [-0.2, -0.15) is 11.8 Å². The SMILES string of the molecule is CCNC(CSCC1CCCO1)c1ccc(C)cc1C. The van der Waals surface area contributed by atoms with E-state index >= 15 is 0 Å². The van der Waals surface area contributed by atoms with Crippen molar-refractivity contribution in [3.05, 3.63) is 34.9 Å². The second kappa shape index (κ2) is 8.06. The lowest BCUT2D eigenvalue weighted by Crippen LogP contribution is -2.24. The highest BCUT2D eigenvalue weighted by molar-refractivity contribution is 7.99. The molecule has 0 aromatic heterocycles. The van der Waals surface area contributed by atoms with Gasteiger partial charge in [0.15, 0.2) is 0 Å². The normalized spacial score (nSPS) is 20.2. The molecule has 1 aliphatic rings. The van der Waals surface area contributed by atoms with E-state index in [1.54, 1.807) is 0 Å². The molecular weight excluding hydrogens is 266 g/mol. The van der Waals surface area contributed by atoms with E-state index in [0.29, 0.717) is 12.1 Å². The Morgan fingerprint density at radius 3 is 2.90 bits per heavy atom. The monoisotopic (exact) mass is 293 g/mol. The van der Waals surface area contributed by atoms with E-state index in [2.05, 4.69) is 44.3 Å². The highest BCUT2D eigenvalue weighted by Crippen LogP contribution is 2.25. The van der Waals surface area contributed by atoms with Crippen LogP contribution in [0.2, 0.25) is 0 Å². The van der Waals surface area contributed by atoms with Gasteiger partial charge >= 0.3 is 0 Å². The molecule has 0 spiro atoms. The fourth-order valence-corrected chi connectivity index (χ4v) is 4.01. The van der Waals surface area contributed by atoms with Gasteiger partial charge in [-0.05, 0) is 44.4 Å². The van der Waals surface area contributed by atoms with Gasteiger partial charge < -0.3 is 10.1 Å². The molecule has 20 heavy (non-hydrogen) atoms. The fourth-order valence-electron chi connectivity index (χ4n) is 2.81. The lowest BCUT2D eigenvalue weighted by molar-refractivity contribution is 0.129. The molecule has 1 heterocycles. The topological polar surface area (TPSA) is 21.3 Å². The third-order valence-corrected chi connectivity index (χ3v) is 5.04. The van der Waals surface area contributed by atoms with Gasteiger partial charge in [-0.25, -0.2) is 0 Å². The van der Waals surface area contributed by atoms with E-state index in [1.807, 2.05) is 11.8 Å². The maximum Gasteiger partial charge on any atom is 0.0666 e. The summed E-state index contributed by atoms with van der Waals surface area (Å²) >= 11 is 2.02. The van der Waals surface area contributed by atoms with Crippen LogP contribution in [0.4, 0.5) is 0 Å². The summed E-state index contributed by atoms with van der Waals surface area (Å²) in [6.45, 7) is 8.53. The van der Waals surface area contributed by atoms with E-state index in [4.69, 9.17) is 4.74 Å². The van der Waals surface area contributed by atoms with Crippen LogP contribution in [0, 0.1) is 13.8 Å². The largest absolute Gasteiger partial charge is 0.377 e. The van der Waals surface area contributed by atoms with Crippen molar-refractivity contribution in [2.24, 2.45) is 0 Å². The van der Waals surface area contributed by atoms with Crippen LogP contribution in [0.25, 0.3) is 0 Å². The Hall–Kier alpha value is -0.510. The molecule has 0 radical (unpaired) electrons. The molecule has 0 saturated carbocycles. The number of aryl methyl sites for hydroxylation is 2. The van der Waals surface area contributed by atoms with Crippen LogP contribution >= 0.6 is 11.8 Å². The maximum absolute atomic E-state index is 5.70. The van der Waals surface area contributed by atoms with Crippen molar-refractivity contribution in [1.82, 2.24) is 5.32 Å². The summed E-state index contributed by atoms with van der Waals surface area (Å²) in [5.74, 6) is 2.25. The number of nitrogens with one attached hydrogen (secondary N) is 1. The summed E-state index contributed by atoms with van der Waals surface area (Å²) in [7, 11) is 0. The predicted molar refractivity (Wildman–Crippen MR) is 88.6 cm³/mol. The number of thioether (sulfide) groups is 1. The minimum absolute atomic E-state index is 0.451. The maximum atomic E-state index is 5.70. The Labute approximate surface area is 127 Å². The van der Waals surface area contributed by atoms with E-state index < -0.39 is 0 Å². The lowest BCUT2D eigenvalue weighted by Gasteiger charge is -2.21. The summed E-state index contributed by atoms with van der Waals surface area (Å²) < 4.78 is 5.70. The zero-order valence-corrected chi connectivity index (χ0v) is 13.8. The number of rotatable bonds is 7. The van der Waals surface area contributed by atoms with E-state index in [-0.39, 0.29) is 0 Å². The van der Waals surface area contributed by atoms with Crippen LogP contribution in [-0.4, -0.2) is 30.8 Å². The summed E-state index contributed by atoms with van der Waals surface area (Å²) in [4.78, 5) is 0. The standard InChI is InChI=1S/C17H27NOS/c1-4-18-17(12-20-11-15-6-5-9-19-15)16-8-7-13(2)10-14(16)3/h7-8,10,15,17-18H,4-6,9,11-12H2,1-3H3. The van der Waals surface area contributed by atoms with Gasteiger partial charge in [0, 0.05) is 24.2 Å². The molecule has 112 valence electrons. The molecule has 2 nitrogen and oxygen atoms in total. The van der Waals surface area contributed by atoms with Crippen LogP contribution in [0.15, 0.2) is 18.2 Å². The third-order valence-electron chi connectivity index (χ3n) is 3.86. The highest BCUT2D eigenvalue weighted by Gasteiger charge is 2.17. The number of ether oxygens (including phenoxy) is 1. The van der Waals surface area contributed by atoms with Crippen molar-refractivity contribution in [3.63, 3.8) is 0 Å². The van der Waals surface area contributed by atoms with Gasteiger partial charge in [0.25, 0.3) is 0 Å². The average molecular weight is 293 g/mol. The zero-order chi connectivity index (χ0) is 14.4. The first-order valence-electron chi connectivity index (χ1n) is 7.70. The molecule has 0 bridgehead atoms. The molecule has 1 N–H and O–H groups in total. The lowest BCUT2D eigenvalue weighted by atomic mass is 10.0. The molecule has 2 unspecified atom stereocenters. The first kappa shape index (κ1) is 15.9. The second-order valence-electron chi connectivity index (χ2n) is 5.64. The first-order valence-corrected chi connectivity index (χ1v) is 8.86. The quantitative estimate of drug-likeness (QED) is 0.824. The molecule has 2 rings (SSSR count). The van der Waals surface area contributed by atoms with Crippen molar-refractivity contribution in [2.75, 3.05) is 24.7 Å². The minimum atomic E-state index is 0.451. The van der Waals surface area contributed by atoms with Crippen LogP contribution in [0.1, 0.15) is 42.5 Å². The Morgan fingerprint density at radius 2 is 2.25 bits per heavy atom. The highest BCUT2D eigenvalue weighted by atomic mass is 32.2. The average Bonchev–Trinajstić information content (AvgIpc) is 2.91. The van der Waals surface area contributed by atoms with Gasteiger partial charge in [-0.3, -0.25) is 0 Å². The summed E-state index contributed by atoms with van der Waals surface area (Å²) in [5.41, 5.74) is 4.18. The summed E-state index contributed by atoms with van der Waals surface area (Å²) in [6, 6.07) is 7.24. The molecule has 1 saturated heterocycles. The van der Waals surface area contributed by atoms with E-state index in [9.17, 15) is 0 Å². The molecule has 2 atom stereocenters. The van der Waals surface area contributed by atoms with Crippen LogP contribution < -0.4 is 5.32 Å². The van der Waals surface area contributed by atoms with Crippen molar-refractivity contribution in [2.45, 2.75) is 45.8 Å². The molecule has 1 aliphatic heterocycles. The second-order valence-corrected chi connectivity index (χ2v) is 6.72. The smallest absolute Gasteiger partial charge is 0.0666 e. The van der Waals surface area contributed by atoms with Crippen LogP contribution in [0.3, 0.4) is 0 Å². The first-order chi connectivity index (χ1) is 9.70. The van der Waals surface area contributed by atoms with Crippen molar-refractivity contribution < 1.29 is 4.74 Å². The van der Waals surface area contributed by atoms with Gasteiger partial charge in [0.2, 0.25) is 0 Å². The Bertz CT molecular complexity index is 415. The van der Waals surface area contributed by atoms with Crippen LogP contribution in [-0.2, 0) is 4.74 Å². The zero-order valence-electron chi connectivity index (χ0n) is 12.9. The molecule has 1 fully saturated rings. The molecule has 0 aliphatic carbocycles. The van der Waals surface area contributed by atoms with E-state index in [0.717, 1.165) is 24.7 Å². The number of hydrogen-bond acceptors (Lipinski definition) is 3. The summed E-state index contributed by atoms with van der Waals surface area (Å²) in [6.07, 6.45) is 2.96. The fraction of sp³-hybridized carbons (Fsp3) is 0.647.